The van der Waals surface area contributed by atoms with Gasteiger partial charge in [0.1, 0.15) is 5.54 Å². The number of rotatable bonds is 4. The zero-order valence-electron chi connectivity index (χ0n) is 11.2. The SMILES string of the molecule is CC(C)(NC(=O)c1ccc(-n2cccn2)cc1)C(=O)O. The molecule has 0 saturated heterocycles. The van der Waals surface area contributed by atoms with Crippen LogP contribution in [0.4, 0.5) is 0 Å². The molecule has 0 spiro atoms. The molecular formula is C14H15N3O3. The van der Waals surface area contributed by atoms with E-state index in [1.165, 1.54) is 13.8 Å². The topological polar surface area (TPSA) is 84.2 Å². The fourth-order valence-corrected chi connectivity index (χ4v) is 1.60. The van der Waals surface area contributed by atoms with Crippen molar-refractivity contribution in [3.8, 4) is 5.69 Å². The molecule has 0 radical (unpaired) electrons. The smallest absolute Gasteiger partial charge is 0.328 e. The van der Waals surface area contributed by atoms with Crippen molar-refractivity contribution in [1.82, 2.24) is 15.1 Å². The zero-order valence-corrected chi connectivity index (χ0v) is 11.2. The van der Waals surface area contributed by atoms with Gasteiger partial charge in [0.25, 0.3) is 5.91 Å². The Morgan fingerprint density at radius 1 is 1.25 bits per heavy atom. The lowest BCUT2D eigenvalue weighted by molar-refractivity contribution is -0.143. The van der Waals surface area contributed by atoms with E-state index in [0.717, 1.165) is 5.69 Å². The lowest BCUT2D eigenvalue weighted by Crippen LogP contribution is -2.49. The monoisotopic (exact) mass is 273 g/mol. The van der Waals surface area contributed by atoms with Crippen LogP contribution in [0.25, 0.3) is 5.69 Å². The van der Waals surface area contributed by atoms with Gasteiger partial charge in [0.05, 0.1) is 5.69 Å². The van der Waals surface area contributed by atoms with Gasteiger partial charge in [-0.25, -0.2) is 9.48 Å². The molecular weight excluding hydrogens is 258 g/mol. The van der Waals surface area contributed by atoms with E-state index in [1.54, 1.807) is 47.4 Å². The van der Waals surface area contributed by atoms with E-state index in [4.69, 9.17) is 5.11 Å². The van der Waals surface area contributed by atoms with E-state index in [9.17, 15) is 9.59 Å². The number of carbonyl (C=O) groups excluding carboxylic acids is 1. The minimum atomic E-state index is -1.31. The van der Waals surface area contributed by atoms with Crippen LogP contribution in [0.3, 0.4) is 0 Å². The first-order chi connectivity index (χ1) is 9.40. The van der Waals surface area contributed by atoms with Crippen molar-refractivity contribution in [3.05, 3.63) is 48.3 Å². The number of amides is 1. The summed E-state index contributed by atoms with van der Waals surface area (Å²) in [5.41, 5.74) is -0.0862. The predicted octanol–water partition coefficient (Wildman–Crippen LogP) is 1.47. The second-order valence-electron chi connectivity index (χ2n) is 4.88. The second-order valence-corrected chi connectivity index (χ2v) is 4.88. The molecule has 1 amide bonds. The first-order valence-electron chi connectivity index (χ1n) is 6.06. The molecule has 6 heteroatoms. The number of nitrogens with one attached hydrogen (secondary N) is 1. The van der Waals surface area contributed by atoms with Crippen LogP contribution in [-0.4, -0.2) is 32.3 Å². The summed E-state index contributed by atoms with van der Waals surface area (Å²) >= 11 is 0. The molecule has 0 fully saturated rings. The highest BCUT2D eigenvalue weighted by atomic mass is 16.4. The molecule has 0 atom stereocenters. The van der Waals surface area contributed by atoms with Crippen LogP contribution in [-0.2, 0) is 4.79 Å². The standard InChI is InChI=1S/C14H15N3O3/c1-14(2,13(19)20)16-12(18)10-4-6-11(7-5-10)17-9-3-8-15-17/h3-9H,1-2H3,(H,16,18)(H,19,20). The van der Waals surface area contributed by atoms with Crippen molar-refractivity contribution in [1.29, 1.82) is 0 Å². The number of carboxylic acid groups (broad SMARTS) is 1. The van der Waals surface area contributed by atoms with Gasteiger partial charge in [-0.3, -0.25) is 4.79 Å². The average molecular weight is 273 g/mol. The van der Waals surface area contributed by atoms with E-state index in [2.05, 4.69) is 10.4 Å². The van der Waals surface area contributed by atoms with Crippen LogP contribution < -0.4 is 5.32 Å². The molecule has 2 aromatic rings. The first-order valence-corrected chi connectivity index (χ1v) is 6.06. The van der Waals surface area contributed by atoms with E-state index in [1.807, 2.05) is 0 Å². The van der Waals surface area contributed by atoms with Crippen LogP contribution in [0.1, 0.15) is 24.2 Å². The molecule has 6 nitrogen and oxygen atoms in total. The Bertz CT molecular complexity index is 616. The normalized spacial score (nSPS) is 11.1. The number of carboxylic acids is 1. The molecule has 0 aliphatic heterocycles. The lowest BCUT2D eigenvalue weighted by atomic mass is 10.1. The van der Waals surface area contributed by atoms with Crippen LogP contribution in [0, 0.1) is 0 Å². The molecule has 1 heterocycles. The molecule has 2 N–H and O–H groups in total. The maximum Gasteiger partial charge on any atom is 0.328 e. The van der Waals surface area contributed by atoms with Gasteiger partial charge in [-0.15, -0.1) is 0 Å². The van der Waals surface area contributed by atoms with Gasteiger partial charge in [-0.05, 0) is 44.2 Å². The number of carbonyl (C=O) groups is 2. The van der Waals surface area contributed by atoms with E-state index >= 15 is 0 Å². The number of nitrogens with zero attached hydrogens (tertiary/aromatic N) is 2. The largest absolute Gasteiger partial charge is 0.480 e. The summed E-state index contributed by atoms with van der Waals surface area (Å²) in [6, 6.07) is 8.55. The maximum atomic E-state index is 12.0. The van der Waals surface area contributed by atoms with Crippen LogP contribution in [0.5, 0.6) is 0 Å². The summed E-state index contributed by atoms with van der Waals surface area (Å²) in [4.78, 5) is 22.9. The molecule has 0 aliphatic carbocycles. The van der Waals surface area contributed by atoms with Crippen molar-refractivity contribution < 1.29 is 14.7 Å². The van der Waals surface area contributed by atoms with Crippen molar-refractivity contribution in [2.24, 2.45) is 0 Å². The number of benzene rings is 1. The van der Waals surface area contributed by atoms with Crippen molar-refractivity contribution in [2.75, 3.05) is 0 Å². The van der Waals surface area contributed by atoms with Gasteiger partial charge < -0.3 is 10.4 Å². The molecule has 1 aromatic carbocycles. The fraction of sp³-hybridized carbons (Fsp3) is 0.214. The molecule has 1 aromatic heterocycles. The Hall–Kier alpha value is -2.63. The third-order valence-corrected chi connectivity index (χ3v) is 2.86. The third-order valence-electron chi connectivity index (χ3n) is 2.86. The highest BCUT2D eigenvalue weighted by molar-refractivity contribution is 5.97. The summed E-state index contributed by atoms with van der Waals surface area (Å²) in [7, 11) is 0. The summed E-state index contributed by atoms with van der Waals surface area (Å²) in [6.07, 6.45) is 3.46. The molecule has 0 unspecified atom stereocenters. The number of hydrogen-bond acceptors (Lipinski definition) is 3. The molecule has 0 saturated carbocycles. The summed E-state index contributed by atoms with van der Waals surface area (Å²) in [5, 5.41) is 15.5. The Kier molecular flexibility index (Phi) is 3.56. The van der Waals surface area contributed by atoms with Crippen LogP contribution in [0.15, 0.2) is 42.7 Å². The van der Waals surface area contributed by atoms with E-state index in [0.29, 0.717) is 5.56 Å². The van der Waals surface area contributed by atoms with Gasteiger partial charge in [0.15, 0.2) is 0 Å². The Morgan fingerprint density at radius 3 is 2.40 bits per heavy atom. The van der Waals surface area contributed by atoms with Crippen molar-refractivity contribution in [3.63, 3.8) is 0 Å². The number of aliphatic carboxylic acids is 1. The second kappa shape index (κ2) is 5.16. The van der Waals surface area contributed by atoms with Gasteiger partial charge in [-0.2, -0.15) is 5.10 Å². The maximum absolute atomic E-state index is 12.0. The highest BCUT2D eigenvalue weighted by Crippen LogP contribution is 2.10. The number of hydrogen-bond donors (Lipinski definition) is 2. The summed E-state index contributed by atoms with van der Waals surface area (Å²) < 4.78 is 1.67. The van der Waals surface area contributed by atoms with E-state index in [-0.39, 0.29) is 0 Å². The minimum Gasteiger partial charge on any atom is -0.480 e. The number of aromatic nitrogens is 2. The average Bonchev–Trinajstić information content (AvgIpc) is 2.92. The molecule has 0 aliphatic rings. The zero-order chi connectivity index (χ0) is 14.8. The fourth-order valence-electron chi connectivity index (χ4n) is 1.60. The van der Waals surface area contributed by atoms with E-state index < -0.39 is 17.4 Å². The first kappa shape index (κ1) is 13.8. The minimum absolute atomic E-state index is 0.398. The molecule has 20 heavy (non-hydrogen) atoms. The molecule has 0 bridgehead atoms. The van der Waals surface area contributed by atoms with Crippen LogP contribution >= 0.6 is 0 Å². The Balaban J connectivity index is 2.14. The Morgan fingerprint density at radius 2 is 1.90 bits per heavy atom. The third kappa shape index (κ3) is 2.85. The predicted molar refractivity (Wildman–Crippen MR) is 72.7 cm³/mol. The quantitative estimate of drug-likeness (QED) is 0.883. The lowest BCUT2D eigenvalue weighted by Gasteiger charge is -2.21. The van der Waals surface area contributed by atoms with Crippen LogP contribution in [0.2, 0.25) is 0 Å². The highest BCUT2D eigenvalue weighted by Gasteiger charge is 2.29. The van der Waals surface area contributed by atoms with Gasteiger partial charge >= 0.3 is 5.97 Å². The van der Waals surface area contributed by atoms with Crippen molar-refractivity contribution >= 4 is 11.9 Å². The van der Waals surface area contributed by atoms with Gasteiger partial charge in [0, 0.05) is 18.0 Å². The molecule has 2 rings (SSSR count). The van der Waals surface area contributed by atoms with Crippen molar-refractivity contribution in [2.45, 2.75) is 19.4 Å². The van der Waals surface area contributed by atoms with Gasteiger partial charge in [-0.1, -0.05) is 0 Å². The molecule has 104 valence electrons. The summed E-state index contributed by atoms with van der Waals surface area (Å²) in [5.74, 6) is -1.51. The summed E-state index contributed by atoms with van der Waals surface area (Å²) in [6.45, 7) is 2.87. The van der Waals surface area contributed by atoms with Gasteiger partial charge in [0.2, 0.25) is 0 Å². The Labute approximate surface area is 116 Å².